The number of carbonyl (C=O) groups is 1. The first-order valence-electron chi connectivity index (χ1n) is 4.96. The van der Waals surface area contributed by atoms with Gasteiger partial charge in [0.15, 0.2) is 0 Å². The highest BCUT2D eigenvalue weighted by Gasteiger charge is 2.08. The van der Waals surface area contributed by atoms with E-state index in [1.54, 1.807) is 6.08 Å². The van der Waals surface area contributed by atoms with Crippen molar-refractivity contribution < 1.29 is 9.53 Å². The Balaban J connectivity index is 2.24. The number of hydrogen-bond acceptors (Lipinski definition) is 3. The topological polar surface area (TPSA) is 38.3 Å². The van der Waals surface area contributed by atoms with Crippen molar-refractivity contribution in [3.8, 4) is 0 Å². The van der Waals surface area contributed by atoms with Crippen molar-refractivity contribution >= 4 is 5.97 Å². The monoisotopic (exact) mass is 195 g/mol. The molecule has 1 saturated heterocycles. The fraction of sp³-hybridized carbons (Fsp3) is 0.545. The van der Waals surface area contributed by atoms with E-state index in [9.17, 15) is 4.79 Å². The summed E-state index contributed by atoms with van der Waals surface area (Å²) in [5, 5.41) is 3.31. The third kappa shape index (κ3) is 4.23. The maximum absolute atomic E-state index is 10.7. The lowest BCUT2D eigenvalue weighted by Crippen LogP contribution is -2.26. The molecule has 0 unspecified atom stereocenters. The molecule has 0 atom stereocenters. The van der Waals surface area contributed by atoms with Crippen LogP contribution < -0.4 is 5.32 Å². The second-order valence-electron chi connectivity index (χ2n) is 3.35. The minimum Gasteiger partial charge on any atom is -0.466 e. The highest BCUT2D eigenvalue weighted by atomic mass is 16.5. The summed E-state index contributed by atoms with van der Waals surface area (Å²) in [6.45, 7) is 2.19. The van der Waals surface area contributed by atoms with E-state index < -0.39 is 0 Å². The molecule has 1 heterocycles. The molecule has 1 aliphatic rings. The van der Waals surface area contributed by atoms with Gasteiger partial charge in [-0.25, -0.2) is 4.79 Å². The van der Waals surface area contributed by atoms with E-state index in [0.717, 1.165) is 13.1 Å². The highest BCUT2D eigenvalue weighted by Crippen LogP contribution is 2.12. The molecule has 0 spiro atoms. The molecule has 0 amide bonds. The second-order valence-corrected chi connectivity index (χ2v) is 3.35. The molecule has 0 aromatic heterocycles. The molecule has 0 saturated carbocycles. The quantitative estimate of drug-likeness (QED) is 0.419. The Morgan fingerprint density at radius 3 is 2.71 bits per heavy atom. The Morgan fingerprint density at radius 2 is 2.07 bits per heavy atom. The molecule has 1 fully saturated rings. The van der Waals surface area contributed by atoms with Gasteiger partial charge >= 0.3 is 5.97 Å². The minimum absolute atomic E-state index is 0.306. The summed E-state index contributed by atoms with van der Waals surface area (Å²) in [5.74, 6) is 0.346. The lowest BCUT2D eigenvalue weighted by molar-refractivity contribution is -0.134. The van der Waals surface area contributed by atoms with Gasteiger partial charge in [-0.05, 0) is 31.8 Å². The van der Waals surface area contributed by atoms with Gasteiger partial charge in [0.2, 0.25) is 0 Å². The zero-order chi connectivity index (χ0) is 10.2. The van der Waals surface area contributed by atoms with Crippen molar-refractivity contribution in [2.45, 2.75) is 12.8 Å². The molecular weight excluding hydrogens is 178 g/mol. The molecule has 0 aliphatic carbocycles. The second kappa shape index (κ2) is 6.38. The molecule has 0 radical (unpaired) electrons. The first-order chi connectivity index (χ1) is 6.83. The Kier molecular flexibility index (Phi) is 5.00. The van der Waals surface area contributed by atoms with Gasteiger partial charge in [0.05, 0.1) is 7.11 Å². The zero-order valence-corrected chi connectivity index (χ0v) is 8.53. The summed E-state index contributed by atoms with van der Waals surface area (Å²) in [5.41, 5.74) is 0. The van der Waals surface area contributed by atoms with Gasteiger partial charge in [-0.2, -0.15) is 0 Å². The first kappa shape index (κ1) is 11.0. The molecule has 1 aliphatic heterocycles. The maximum Gasteiger partial charge on any atom is 0.330 e. The Labute approximate surface area is 84.8 Å². The van der Waals surface area contributed by atoms with E-state index >= 15 is 0 Å². The number of allylic oxidation sites excluding steroid dienone is 3. The molecular formula is C11H17NO2. The van der Waals surface area contributed by atoms with Crippen molar-refractivity contribution in [2.24, 2.45) is 5.92 Å². The van der Waals surface area contributed by atoms with Crippen LogP contribution in [0.2, 0.25) is 0 Å². The standard InChI is InChI=1S/C11H17NO2/c1-14-11(13)5-3-2-4-10-6-8-12-9-7-10/h2-5,10,12H,6-9H2,1H3/b4-2+,5-3-. The Bertz CT molecular complexity index is 227. The van der Waals surface area contributed by atoms with Crippen molar-refractivity contribution in [3.63, 3.8) is 0 Å². The summed E-state index contributed by atoms with van der Waals surface area (Å²) in [6, 6.07) is 0. The molecule has 1 rings (SSSR count). The summed E-state index contributed by atoms with van der Waals surface area (Å²) in [6.07, 6.45) is 9.60. The van der Waals surface area contributed by atoms with E-state index in [2.05, 4.69) is 16.1 Å². The van der Waals surface area contributed by atoms with Crippen LogP contribution in [0.1, 0.15) is 12.8 Å². The van der Waals surface area contributed by atoms with Crippen LogP contribution in [0.5, 0.6) is 0 Å². The van der Waals surface area contributed by atoms with Crippen LogP contribution in [0.4, 0.5) is 0 Å². The largest absolute Gasteiger partial charge is 0.466 e. The number of rotatable bonds is 3. The number of esters is 1. The van der Waals surface area contributed by atoms with Crippen LogP contribution >= 0.6 is 0 Å². The first-order valence-corrected chi connectivity index (χ1v) is 4.96. The number of nitrogens with one attached hydrogen (secondary N) is 1. The maximum atomic E-state index is 10.7. The average Bonchev–Trinajstić information content (AvgIpc) is 2.25. The highest BCUT2D eigenvalue weighted by molar-refractivity contribution is 5.82. The normalized spacial score (nSPS) is 19.2. The third-order valence-electron chi connectivity index (χ3n) is 2.31. The lowest BCUT2D eigenvalue weighted by atomic mass is 9.98. The molecule has 14 heavy (non-hydrogen) atoms. The smallest absolute Gasteiger partial charge is 0.330 e. The minimum atomic E-state index is -0.306. The van der Waals surface area contributed by atoms with Crippen LogP contribution in [-0.2, 0) is 9.53 Å². The molecule has 0 aromatic carbocycles. The van der Waals surface area contributed by atoms with Gasteiger partial charge in [0, 0.05) is 6.08 Å². The van der Waals surface area contributed by atoms with Gasteiger partial charge in [-0.1, -0.05) is 18.2 Å². The SMILES string of the molecule is COC(=O)/C=C\C=C\C1CCNCC1. The van der Waals surface area contributed by atoms with E-state index in [4.69, 9.17) is 0 Å². The van der Waals surface area contributed by atoms with Crippen LogP contribution in [0.25, 0.3) is 0 Å². The Morgan fingerprint density at radius 1 is 1.36 bits per heavy atom. The lowest BCUT2D eigenvalue weighted by Gasteiger charge is -2.18. The number of methoxy groups -OCH3 is 1. The van der Waals surface area contributed by atoms with Crippen molar-refractivity contribution in [1.82, 2.24) is 5.32 Å². The summed E-state index contributed by atoms with van der Waals surface area (Å²) < 4.78 is 4.47. The van der Waals surface area contributed by atoms with Gasteiger partial charge in [0.25, 0.3) is 0 Å². The van der Waals surface area contributed by atoms with E-state index in [0.29, 0.717) is 5.92 Å². The molecule has 1 N–H and O–H groups in total. The number of hydrogen-bond donors (Lipinski definition) is 1. The fourth-order valence-corrected chi connectivity index (χ4v) is 1.46. The zero-order valence-electron chi connectivity index (χ0n) is 8.53. The molecule has 0 aromatic rings. The summed E-state index contributed by atoms with van der Waals surface area (Å²) in [4.78, 5) is 10.7. The number of carbonyl (C=O) groups excluding carboxylic acids is 1. The predicted octanol–water partition coefficient (Wildman–Crippen LogP) is 1.27. The fourth-order valence-electron chi connectivity index (χ4n) is 1.46. The van der Waals surface area contributed by atoms with Gasteiger partial charge < -0.3 is 10.1 Å². The third-order valence-corrected chi connectivity index (χ3v) is 2.31. The van der Waals surface area contributed by atoms with Crippen LogP contribution in [0, 0.1) is 5.92 Å². The molecule has 3 heteroatoms. The predicted molar refractivity (Wildman–Crippen MR) is 55.9 cm³/mol. The summed E-state index contributed by atoms with van der Waals surface area (Å²) in [7, 11) is 1.38. The van der Waals surface area contributed by atoms with E-state index in [1.807, 2.05) is 6.08 Å². The number of piperidine rings is 1. The van der Waals surface area contributed by atoms with E-state index in [-0.39, 0.29) is 5.97 Å². The Hall–Kier alpha value is -1.09. The van der Waals surface area contributed by atoms with Crippen LogP contribution in [0.3, 0.4) is 0 Å². The van der Waals surface area contributed by atoms with Crippen molar-refractivity contribution in [3.05, 3.63) is 24.3 Å². The van der Waals surface area contributed by atoms with E-state index in [1.165, 1.54) is 26.0 Å². The van der Waals surface area contributed by atoms with Gasteiger partial charge in [-0.3, -0.25) is 0 Å². The molecule has 78 valence electrons. The molecule has 0 bridgehead atoms. The van der Waals surface area contributed by atoms with Crippen molar-refractivity contribution in [2.75, 3.05) is 20.2 Å². The van der Waals surface area contributed by atoms with Crippen molar-refractivity contribution in [1.29, 1.82) is 0 Å². The van der Waals surface area contributed by atoms with Gasteiger partial charge in [-0.15, -0.1) is 0 Å². The summed E-state index contributed by atoms with van der Waals surface area (Å²) >= 11 is 0. The average molecular weight is 195 g/mol. The van der Waals surface area contributed by atoms with Crippen LogP contribution in [0.15, 0.2) is 24.3 Å². The molecule has 3 nitrogen and oxygen atoms in total. The number of ether oxygens (including phenoxy) is 1. The van der Waals surface area contributed by atoms with Crippen LogP contribution in [-0.4, -0.2) is 26.2 Å². The van der Waals surface area contributed by atoms with Gasteiger partial charge in [0.1, 0.15) is 0 Å².